The highest BCUT2D eigenvalue weighted by Gasteiger charge is 2.46. The number of nitrogens with one attached hydrogen (secondary N) is 2. The Balaban J connectivity index is 1.98. The topological polar surface area (TPSA) is 78.4 Å². The summed E-state index contributed by atoms with van der Waals surface area (Å²) in [5.41, 5.74) is -0.304. The van der Waals surface area contributed by atoms with E-state index in [-0.39, 0.29) is 35.2 Å². The first-order chi connectivity index (χ1) is 9.84. The van der Waals surface area contributed by atoms with Crippen molar-refractivity contribution in [1.29, 1.82) is 0 Å². The summed E-state index contributed by atoms with van der Waals surface area (Å²) in [6, 6.07) is -0.00177. The fourth-order valence-electron chi connectivity index (χ4n) is 3.80. The lowest BCUT2D eigenvalue weighted by Crippen LogP contribution is -2.56. The van der Waals surface area contributed by atoms with E-state index in [9.17, 15) is 14.7 Å². The van der Waals surface area contributed by atoms with Gasteiger partial charge in [-0.1, -0.05) is 27.2 Å². The molecule has 0 radical (unpaired) electrons. The second-order valence-electron chi connectivity index (χ2n) is 7.20. The Hall–Kier alpha value is -1.10. The van der Waals surface area contributed by atoms with Crippen LogP contribution in [0.4, 0.5) is 0 Å². The van der Waals surface area contributed by atoms with Gasteiger partial charge in [-0.05, 0) is 43.6 Å². The van der Waals surface area contributed by atoms with Crippen LogP contribution in [0, 0.1) is 17.3 Å². The summed E-state index contributed by atoms with van der Waals surface area (Å²) in [5.74, 6) is -0.810. The number of rotatable bonds is 3. The van der Waals surface area contributed by atoms with Gasteiger partial charge in [-0.25, -0.2) is 0 Å². The van der Waals surface area contributed by atoms with E-state index in [2.05, 4.69) is 17.6 Å². The Labute approximate surface area is 126 Å². The average molecular weight is 296 g/mol. The molecule has 1 saturated heterocycles. The molecule has 0 spiro atoms. The molecular weight excluding hydrogens is 268 g/mol. The Morgan fingerprint density at radius 3 is 2.48 bits per heavy atom. The van der Waals surface area contributed by atoms with Gasteiger partial charge in [0.15, 0.2) is 0 Å². The number of carbonyl (C=O) groups is 2. The summed E-state index contributed by atoms with van der Waals surface area (Å²) in [4.78, 5) is 23.7. The molecule has 5 heteroatoms. The first-order valence-corrected chi connectivity index (χ1v) is 8.10. The fourth-order valence-corrected chi connectivity index (χ4v) is 3.80. The van der Waals surface area contributed by atoms with Crippen LogP contribution >= 0.6 is 0 Å². The molecule has 0 aromatic heterocycles. The van der Waals surface area contributed by atoms with Crippen molar-refractivity contribution in [2.45, 2.75) is 65.0 Å². The zero-order chi connectivity index (χ0) is 15.6. The minimum atomic E-state index is -0.717. The third kappa shape index (κ3) is 3.39. The summed E-state index contributed by atoms with van der Waals surface area (Å²) >= 11 is 0. The number of aliphatic carboxylic acids is 1. The summed E-state index contributed by atoms with van der Waals surface area (Å²) < 4.78 is 0. The first kappa shape index (κ1) is 16.3. The first-order valence-electron chi connectivity index (χ1n) is 8.10. The van der Waals surface area contributed by atoms with Crippen molar-refractivity contribution in [2.75, 3.05) is 6.54 Å². The van der Waals surface area contributed by atoms with E-state index in [1.54, 1.807) is 0 Å². The fraction of sp³-hybridized carbons (Fsp3) is 0.875. The lowest BCUT2D eigenvalue weighted by atomic mass is 9.61. The Morgan fingerprint density at radius 2 is 1.90 bits per heavy atom. The summed E-state index contributed by atoms with van der Waals surface area (Å²) in [6.07, 6.45) is 4.51. The summed E-state index contributed by atoms with van der Waals surface area (Å²) in [6.45, 7) is 6.99. The van der Waals surface area contributed by atoms with Gasteiger partial charge >= 0.3 is 5.97 Å². The standard InChI is InChI=1S/C16H28N2O3/c1-10-12(8-7-11(15(20)21)16(10,2)3)18-14(19)13-6-4-5-9-17-13/h10-13,17H,4-9H2,1-3H3,(H,18,19)(H,20,21). The normalized spacial score (nSPS) is 36.0. The van der Waals surface area contributed by atoms with Gasteiger partial charge in [0, 0.05) is 6.04 Å². The smallest absolute Gasteiger partial charge is 0.307 e. The van der Waals surface area contributed by atoms with Crippen LogP contribution in [0.5, 0.6) is 0 Å². The van der Waals surface area contributed by atoms with Crippen LogP contribution in [0.2, 0.25) is 0 Å². The molecule has 1 amide bonds. The zero-order valence-electron chi connectivity index (χ0n) is 13.3. The maximum absolute atomic E-state index is 12.3. The highest BCUT2D eigenvalue weighted by molar-refractivity contribution is 5.82. The van der Waals surface area contributed by atoms with Crippen LogP contribution in [0.25, 0.3) is 0 Å². The zero-order valence-corrected chi connectivity index (χ0v) is 13.3. The predicted octanol–water partition coefficient (Wildman–Crippen LogP) is 1.77. The number of piperidine rings is 1. The molecule has 0 bridgehead atoms. The van der Waals surface area contributed by atoms with Crippen molar-refractivity contribution in [1.82, 2.24) is 10.6 Å². The van der Waals surface area contributed by atoms with Crippen LogP contribution in [-0.2, 0) is 9.59 Å². The highest BCUT2D eigenvalue weighted by Crippen LogP contribution is 2.45. The van der Waals surface area contributed by atoms with Gasteiger partial charge in [0.1, 0.15) is 0 Å². The monoisotopic (exact) mass is 296 g/mol. The van der Waals surface area contributed by atoms with Gasteiger partial charge in [-0.15, -0.1) is 0 Å². The summed E-state index contributed by atoms with van der Waals surface area (Å²) in [7, 11) is 0. The molecular formula is C16H28N2O3. The Kier molecular flexibility index (Phi) is 4.91. The quantitative estimate of drug-likeness (QED) is 0.741. The van der Waals surface area contributed by atoms with Crippen molar-refractivity contribution in [3.05, 3.63) is 0 Å². The van der Waals surface area contributed by atoms with Gasteiger partial charge in [-0.2, -0.15) is 0 Å². The molecule has 1 aliphatic carbocycles. The van der Waals surface area contributed by atoms with Crippen LogP contribution in [-0.4, -0.2) is 35.6 Å². The van der Waals surface area contributed by atoms with Crippen LogP contribution in [0.15, 0.2) is 0 Å². The van der Waals surface area contributed by atoms with Gasteiger partial charge in [0.25, 0.3) is 0 Å². The second-order valence-corrected chi connectivity index (χ2v) is 7.20. The lowest BCUT2D eigenvalue weighted by Gasteiger charge is -2.46. The van der Waals surface area contributed by atoms with Gasteiger partial charge in [0.2, 0.25) is 5.91 Å². The van der Waals surface area contributed by atoms with Gasteiger partial charge < -0.3 is 15.7 Å². The van der Waals surface area contributed by atoms with Crippen molar-refractivity contribution in [3.8, 4) is 0 Å². The Bertz CT molecular complexity index is 402. The third-order valence-electron chi connectivity index (χ3n) is 5.69. The van der Waals surface area contributed by atoms with E-state index in [1.165, 1.54) is 0 Å². The average Bonchev–Trinajstić information content (AvgIpc) is 2.44. The molecule has 21 heavy (non-hydrogen) atoms. The Morgan fingerprint density at radius 1 is 1.19 bits per heavy atom. The van der Waals surface area contributed by atoms with Crippen molar-refractivity contribution in [2.24, 2.45) is 17.3 Å². The molecule has 0 aromatic rings. The summed E-state index contributed by atoms with van der Waals surface area (Å²) in [5, 5.41) is 15.8. The maximum atomic E-state index is 12.3. The van der Waals surface area contributed by atoms with Gasteiger partial charge in [0.05, 0.1) is 12.0 Å². The van der Waals surface area contributed by atoms with E-state index in [0.29, 0.717) is 6.42 Å². The molecule has 1 heterocycles. The van der Waals surface area contributed by atoms with Crippen LogP contribution in [0.3, 0.4) is 0 Å². The van der Waals surface area contributed by atoms with Crippen LogP contribution < -0.4 is 10.6 Å². The number of hydrogen-bond acceptors (Lipinski definition) is 3. The number of carboxylic acids is 1. The van der Waals surface area contributed by atoms with E-state index in [4.69, 9.17) is 0 Å². The number of hydrogen-bond donors (Lipinski definition) is 3. The SMILES string of the molecule is CC1C(NC(=O)C2CCCCN2)CCC(C(=O)O)C1(C)C. The molecule has 1 saturated carbocycles. The molecule has 0 aromatic carbocycles. The molecule has 5 nitrogen and oxygen atoms in total. The highest BCUT2D eigenvalue weighted by atomic mass is 16.4. The number of carbonyl (C=O) groups excluding carboxylic acids is 1. The molecule has 120 valence electrons. The third-order valence-corrected chi connectivity index (χ3v) is 5.69. The molecule has 4 unspecified atom stereocenters. The largest absolute Gasteiger partial charge is 0.481 e. The molecule has 2 rings (SSSR count). The van der Waals surface area contributed by atoms with E-state index in [0.717, 1.165) is 32.2 Å². The maximum Gasteiger partial charge on any atom is 0.307 e. The minimum absolute atomic E-state index is 0.0758. The van der Waals surface area contributed by atoms with Crippen molar-refractivity contribution >= 4 is 11.9 Å². The molecule has 2 fully saturated rings. The minimum Gasteiger partial charge on any atom is -0.481 e. The van der Waals surface area contributed by atoms with Crippen LogP contribution in [0.1, 0.15) is 52.9 Å². The van der Waals surface area contributed by atoms with Gasteiger partial charge in [-0.3, -0.25) is 9.59 Å². The predicted molar refractivity (Wildman–Crippen MR) is 80.9 cm³/mol. The molecule has 2 aliphatic rings. The van der Waals surface area contributed by atoms with Crippen molar-refractivity contribution < 1.29 is 14.7 Å². The van der Waals surface area contributed by atoms with E-state index in [1.807, 2.05) is 13.8 Å². The van der Waals surface area contributed by atoms with Crippen molar-refractivity contribution in [3.63, 3.8) is 0 Å². The number of amides is 1. The molecule has 3 N–H and O–H groups in total. The van der Waals surface area contributed by atoms with E-state index < -0.39 is 5.97 Å². The lowest BCUT2D eigenvalue weighted by molar-refractivity contribution is -0.150. The molecule has 4 atom stereocenters. The number of carboxylic acid groups (broad SMARTS) is 1. The van der Waals surface area contributed by atoms with E-state index >= 15 is 0 Å². The second kappa shape index (κ2) is 6.34. The molecule has 1 aliphatic heterocycles.